The molecule has 1 aromatic rings. The van der Waals surface area contributed by atoms with Crippen LogP contribution in [0.4, 0.5) is 14.5 Å². The summed E-state index contributed by atoms with van der Waals surface area (Å²) in [5.74, 6) is 0.239. The lowest BCUT2D eigenvalue weighted by molar-refractivity contribution is -0.386. The van der Waals surface area contributed by atoms with Crippen LogP contribution in [0.3, 0.4) is 0 Å². The molecule has 0 heterocycles. The summed E-state index contributed by atoms with van der Waals surface area (Å²) in [5.41, 5.74) is 2.63. The van der Waals surface area contributed by atoms with Gasteiger partial charge < -0.3 is 10.5 Å². The molecule has 0 aliphatic heterocycles. The van der Waals surface area contributed by atoms with Crippen LogP contribution >= 0.6 is 0 Å². The molecule has 7 heteroatoms. The third-order valence-electron chi connectivity index (χ3n) is 2.43. The Morgan fingerprint density at radius 3 is 2.53 bits per heavy atom. The van der Waals surface area contributed by atoms with Crippen LogP contribution in [0.15, 0.2) is 18.2 Å². The number of alkyl halides is 2. The first-order chi connectivity index (χ1) is 7.80. The van der Waals surface area contributed by atoms with Crippen molar-refractivity contribution in [1.82, 2.24) is 0 Å². The van der Waals surface area contributed by atoms with Gasteiger partial charge in [0.1, 0.15) is 11.3 Å². The maximum atomic E-state index is 12.8. The van der Waals surface area contributed by atoms with E-state index in [0.717, 1.165) is 19.1 Å². The number of nitro benzene ring substituents is 1. The van der Waals surface area contributed by atoms with Gasteiger partial charge in [-0.1, -0.05) is 0 Å². The van der Waals surface area contributed by atoms with E-state index < -0.39 is 22.6 Å². The van der Waals surface area contributed by atoms with Crippen molar-refractivity contribution in [2.75, 3.05) is 7.11 Å². The number of nitrogens with two attached hydrogens (primary N) is 1. The molecule has 0 amide bonds. The van der Waals surface area contributed by atoms with E-state index in [9.17, 15) is 18.9 Å². The molecule has 1 atom stereocenters. The third kappa shape index (κ3) is 2.50. The number of halogens is 2. The average molecular weight is 246 g/mol. The molecule has 0 aliphatic carbocycles. The van der Waals surface area contributed by atoms with E-state index >= 15 is 0 Å². The molecular weight excluding hydrogens is 234 g/mol. The average Bonchev–Trinajstić information content (AvgIpc) is 2.27. The first-order valence-corrected chi connectivity index (χ1v) is 4.70. The molecule has 17 heavy (non-hydrogen) atoms. The molecule has 94 valence electrons. The van der Waals surface area contributed by atoms with Crippen molar-refractivity contribution in [3.63, 3.8) is 0 Å². The zero-order valence-electron chi connectivity index (χ0n) is 9.31. The molecule has 0 fully saturated rings. The Morgan fingerprint density at radius 2 is 2.12 bits per heavy atom. The Bertz CT molecular complexity index is 436. The zero-order valence-corrected chi connectivity index (χ0v) is 9.31. The van der Waals surface area contributed by atoms with Crippen molar-refractivity contribution >= 4 is 5.69 Å². The lowest BCUT2D eigenvalue weighted by atomic mass is 9.92. The van der Waals surface area contributed by atoms with Crippen LogP contribution in [0.5, 0.6) is 5.75 Å². The molecule has 0 bridgehead atoms. The van der Waals surface area contributed by atoms with Crippen LogP contribution in [0.2, 0.25) is 0 Å². The maximum Gasteiger partial charge on any atom is 0.274 e. The molecule has 1 unspecified atom stereocenters. The van der Waals surface area contributed by atoms with Gasteiger partial charge in [0.05, 0.1) is 17.6 Å². The molecule has 0 radical (unpaired) electrons. The topological polar surface area (TPSA) is 78.4 Å². The zero-order chi connectivity index (χ0) is 13.2. The fourth-order valence-corrected chi connectivity index (χ4v) is 1.35. The number of nitrogens with zero attached hydrogens (tertiary/aromatic N) is 1. The highest BCUT2D eigenvalue weighted by atomic mass is 19.3. The maximum absolute atomic E-state index is 12.8. The monoisotopic (exact) mass is 246 g/mol. The Labute approximate surface area is 96.3 Å². The third-order valence-corrected chi connectivity index (χ3v) is 2.43. The highest BCUT2D eigenvalue weighted by molar-refractivity contribution is 5.49. The number of benzene rings is 1. The minimum Gasteiger partial charge on any atom is -0.497 e. The van der Waals surface area contributed by atoms with Crippen molar-refractivity contribution in [1.29, 1.82) is 0 Å². The quantitative estimate of drug-likeness (QED) is 0.651. The van der Waals surface area contributed by atoms with Crippen LogP contribution in [0.25, 0.3) is 0 Å². The summed E-state index contributed by atoms with van der Waals surface area (Å²) in [6.45, 7) is 1.04. The van der Waals surface area contributed by atoms with Crippen LogP contribution < -0.4 is 10.5 Å². The van der Waals surface area contributed by atoms with Gasteiger partial charge >= 0.3 is 0 Å². The highest BCUT2D eigenvalue weighted by Gasteiger charge is 2.38. The summed E-state index contributed by atoms with van der Waals surface area (Å²) in [5, 5.41) is 10.8. The Balaban J connectivity index is 3.42. The van der Waals surface area contributed by atoms with Gasteiger partial charge in [-0.3, -0.25) is 10.1 Å². The normalized spacial score (nSPS) is 14.5. The van der Waals surface area contributed by atoms with E-state index in [1.807, 2.05) is 0 Å². The van der Waals surface area contributed by atoms with Crippen LogP contribution in [0, 0.1) is 10.1 Å². The van der Waals surface area contributed by atoms with Crippen LogP contribution in [0.1, 0.15) is 12.5 Å². The molecule has 0 spiro atoms. The van der Waals surface area contributed by atoms with Gasteiger partial charge in [0, 0.05) is 6.07 Å². The minimum atomic E-state index is -2.92. The van der Waals surface area contributed by atoms with Gasteiger partial charge in [-0.25, -0.2) is 8.78 Å². The molecule has 5 nitrogen and oxygen atoms in total. The van der Waals surface area contributed by atoms with E-state index in [4.69, 9.17) is 10.5 Å². The Hall–Kier alpha value is -1.76. The SMILES string of the molecule is COc1ccc([N+](=O)[O-])c(C(C)(N)C(F)F)c1. The number of hydrogen-bond donors (Lipinski definition) is 1. The van der Waals surface area contributed by atoms with Crippen molar-refractivity contribution in [3.05, 3.63) is 33.9 Å². The Morgan fingerprint density at radius 1 is 1.53 bits per heavy atom. The predicted molar refractivity (Wildman–Crippen MR) is 57.2 cm³/mol. The van der Waals surface area contributed by atoms with Crippen molar-refractivity contribution in [2.45, 2.75) is 18.9 Å². The summed E-state index contributed by atoms with van der Waals surface area (Å²) in [4.78, 5) is 10.0. The molecule has 0 saturated carbocycles. The van der Waals surface area contributed by atoms with E-state index in [1.54, 1.807) is 0 Å². The fourth-order valence-electron chi connectivity index (χ4n) is 1.35. The summed E-state index contributed by atoms with van der Waals surface area (Å²) in [6.07, 6.45) is -2.92. The first-order valence-electron chi connectivity index (χ1n) is 4.70. The van der Waals surface area contributed by atoms with Crippen molar-refractivity contribution < 1.29 is 18.4 Å². The van der Waals surface area contributed by atoms with Gasteiger partial charge in [0.25, 0.3) is 12.1 Å². The summed E-state index contributed by atoms with van der Waals surface area (Å²) in [6, 6.07) is 3.58. The van der Waals surface area contributed by atoms with Gasteiger partial charge in [-0.15, -0.1) is 0 Å². The molecule has 2 N–H and O–H groups in total. The lowest BCUT2D eigenvalue weighted by Gasteiger charge is -2.24. The second-order valence-electron chi connectivity index (χ2n) is 3.72. The highest BCUT2D eigenvalue weighted by Crippen LogP contribution is 2.34. The van der Waals surface area contributed by atoms with E-state index in [0.29, 0.717) is 0 Å². The van der Waals surface area contributed by atoms with Crippen molar-refractivity contribution in [3.8, 4) is 5.75 Å². The van der Waals surface area contributed by atoms with Gasteiger partial charge in [0.15, 0.2) is 0 Å². The molecule has 1 aromatic carbocycles. The smallest absolute Gasteiger partial charge is 0.274 e. The standard InChI is InChI=1S/C10H12F2N2O3/c1-10(13,9(11)12)7-5-6(17-2)3-4-8(7)14(15)16/h3-5,9H,13H2,1-2H3. The van der Waals surface area contributed by atoms with Crippen LogP contribution in [-0.4, -0.2) is 18.5 Å². The molecule has 0 aromatic heterocycles. The predicted octanol–water partition coefficient (Wildman–Crippen LogP) is 2.04. The fraction of sp³-hybridized carbons (Fsp3) is 0.400. The van der Waals surface area contributed by atoms with Gasteiger partial charge in [0.2, 0.25) is 0 Å². The molecular formula is C10H12F2N2O3. The van der Waals surface area contributed by atoms with Crippen molar-refractivity contribution in [2.24, 2.45) is 5.73 Å². The second-order valence-corrected chi connectivity index (χ2v) is 3.72. The minimum absolute atomic E-state index is 0.239. The van der Waals surface area contributed by atoms with Crippen LogP contribution in [-0.2, 0) is 5.54 Å². The number of rotatable bonds is 4. The number of hydrogen-bond acceptors (Lipinski definition) is 4. The van der Waals surface area contributed by atoms with Gasteiger partial charge in [-0.2, -0.15) is 0 Å². The second kappa shape index (κ2) is 4.62. The summed E-state index contributed by atoms with van der Waals surface area (Å²) in [7, 11) is 1.33. The van der Waals surface area contributed by atoms with Gasteiger partial charge in [-0.05, 0) is 19.1 Å². The summed E-state index contributed by atoms with van der Waals surface area (Å²) < 4.78 is 30.4. The lowest BCUT2D eigenvalue weighted by Crippen LogP contribution is -2.41. The Kier molecular flexibility index (Phi) is 3.62. The van der Waals surface area contributed by atoms with E-state index in [2.05, 4.69) is 0 Å². The molecule has 1 rings (SSSR count). The molecule has 0 aliphatic rings. The number of nitro groups is 1. The van der Waals surface area contributed by atoms with E-state index in [1.165, 1.54) is 13.2 Å². The number of methoxy groups -OCH3 is 1. The van der Waals surface area contributed by atoms with E-state index in [-0.39, 0.29) is 11.3 Å². The summed E-state index contributed by atoms with van der Waals surface area (Å²) >= 11 is 0. The molecule has 0 saturated heterocycles. The first kappa shape index (κ1) is 13.3. The number of ether oxygens (including phenoxy) is 1. The largest absolute Gasteiger partial charge is 0.497 e.